The first-order valence-corrected chi connectivity index (χ1v) is 7.75. The van der Waals surface area contributed by atoms with Crippen LogP contribution in [0, 0.1) is 5.82 Å². The summed E-state index contributed by atoms with van der Waals surface area (Å²) >= 11 is 1.58. The molecule has 0 unspecified atom stereocenters. The molecule has 0 aliphatic heterocycles. The quantitative estimate of drug-likeness (QED) is 0.699. The van der Waals surface area contributed by atoms with Crippen molar-refractivity contribution in [2.24, 2.45) is 0 Å². The summed E-state index contributed by atoms with van der Waals surface area (Å²) in [5, 5.41) is 14.8. The zero-order valence-electron chi connectivity index (χ0n) is 11.4. The lowest BCUT2D eigenvalue weighted by Gasteiger charge is -2.07. The fourth-order valence-electron chi connectivity index (χ4n) is 2.08. The van der Waals surface area contributed by atoms with Gasteiger partial charge in [-0.3, -0.25) is 0 Å². The molecule has 0 atom stereocenters. The zero-order valence-corrected chi connectivity index (χ0v) is 12.2. The first-order valence-electron chi connectivity index (χ1n) is 6.87. The SMILES string of the molecule is OCCNCCCOCCc1c(F)ccc2ccsc12. The summed E-state index contributed by atoms with van der Waals surface area (Å²) in [5.74, 6) is -0.145. The van der Waals surface area contributed by atoms with E-state index in [9.17, 15) is 4.39 Å². The molecular formula is C15H20FNO2S. The number of aliphatic hydroxyl groups excluding tert-OH is 1. The number of thiophene rings is 1. The molecule has 20 heavy (non-hydrogen) atoms. The molecule has 2 rings (SSSR count). The van der Waals surface area contributed by atoms with Crippen molar-refractivity contribution in [3.05, 3.63) is 35.0 Å². The van der Waals surface area contributed by atoms with Gasteiger partial charge in [0.1, 0.15) is 5.82 Å². The van der Waals surface area contributed by atoms with E-state index in [0.29, 0.717) is 26.2 Å². The molecule has 1 aromatic carbocycles. The van der Waals surface area contributed by atoms with E-state index in [1.807, 2.05) is 17.5 Å². The molecule has 5 heteroatoms. The molecule has 3 nitrogen and oxygen atoms in total. The number of aliphatic hydroxyl groups is 1. The van der Waals surface area contributed by atoms with Crippen LogP contribution in [0.15, 0.2) is 23.6 Å². The Morgan fingerprint density at radius 2 is 2.10 bits per heavy atom. The molecule has 1 aromatic heterocycles. The highest BCUT2D eigenvalue weighted by Gasteiger charge is 2.08. The normalized spacial score (nSPS) is 11.3. The molecule has 0 amide bonds. The van der Waals surface area contributed by atoms with Crippen LogP contribution in [0.25, 0.3) is 10.1 Å². The second-order valence-electron chi connectivity index (χ2n) is 4.55. The van der Waals surface area contributed by atoms with Crippen LogP contribution in [-0.4, -0.2) is 38.0 Å². The Kier molecular flexibility index (Phi) is 6.39. The summed E-state index contributed by atoms with van der Waals surface area (Å²) in [7, 11) is 0. The molecule has 0 radical (unpaired) electrons. The maximum Gasteiger partial charge on any atom is 0.127 e. The highest BCUT2D eigenvalue weighted by molar-refractivity contribution is 7.17. The third kappa shape index (κ3) is 4.24. The van der Waals surface area contributed by atoms with Crippen molar-refractivity contribution in [1.82, 2.24) is 5.32 Å². The van der Waals surface area contributed by atoms with E-state index in [-0.39, 0.29) is 12.4 Å². The highest BCUT2D eigenvalue weighted by atomic mass is 32.1. The molecule has 2 aromatic rings. The summed E-state index contributed by atoms with van der Waals surface area (Å²) in [4.78, 5) is 0. The average molecular weight is 297 g/mol. The van der Waals surface area contributed by atoms with Gasteiger partial charge in [0.25, 0.3) is 0 Å². The molecule has 0 saturated carbocycles. The van der Waals surface area contributed by atoms with Gasteiger partial charge in [-0.2, -0.15) is 0 Å². The Hall–Kier alpha value is -1.01. The predicted octanol–water partition coefficient (Wildman–Crippen LogP) is 2.57. The topological polar surface area (TPSA) is 41.5 Å². The maximum atomic E-state index is 13.8. The monoisotopic (exact) mass is 297 g/mol. The van der Waals surface area contributed by atoms with Gasteiger partial charge in [-0.15, -0.1) is 11.3 Å². The van der Waals surface area contributed by atoms with E-state index in [0.717, 1.165) is 28.6 Å². The first-order chi connectivity index (χ1) is 9.83. The van der Waals surface area contributed by atoms with Crippen LogP contribution in [0.5, 0.6) is 0 Å². The minimum atomic E-state index is -0.145. The molecule has 1 heterocycles. The molecule has 0 spiro atoms. The highest BCUT2D eigenvalue weighted by Crippen LogP contribution is 2.27. The van der Waals surface area contributed by atoms with Crippen molar-refractivity contribution in [1.29, 1.82) is 0 Å². The molecule has 0 aliphatic carbocycles. The van der Waals surface area contributed by atoms with Gasteiger partial charge >= 0.3 is 0 Å². The van der Waals surface area contributed by atoms with Gasteiger partial charge in [-0.1, -0.05) is 6.07 Å². The number of ether oxygens (including phenoxy) is 1. The minimum absolute atomic E-state index is 0.145. The van der Waals surface area contributed by atoms with Gasteiger partial charge in [0, 0.05) is 29.8 Å². The Balaban J connectivity index is 1.73. The van der Waals surface area contributed by atoms with Gasteiger partial charge in [-0.05, 0) is 35.9 Å². The van der Waals surface area contributed by atoms with Crippen molar-refractivity contribution in [3.63, 3.8) is 0 Å². The van der Waals surface area contributed by atoms with E-state index in [2.05, 4.69) is 5.32 Å². The average Bonchev–Trinajstić information content (AvgIpc) is 2.92. The summed E-state index contributed by atoms with van der Waals surface area (Å²) < 4.78 is 20.4. The summed E-state index contributed by atoms with van der Waals surface area (Å²) in [6.45, 7) is 2.79. The largest absolute Gasteiger partial charge is 0.395 e. The Bertz CT molecular complexity index is 530. The molecule has 0 saturated heterocycles. The fourth-order valence-corrected chi connectivity index (χ4v) is 3.04. The van der Waals surface area contributed by atoms with E-state index < -0.39 is 0 Å². The number of hydrogen-bond acceptors (Lipinski definition) is 4. The second-order valence-corrected chi connectivity index (χ2v) is 5.47. The van der Waals surface area contributed by atoms with E-state index in [1.54, 1.807) is 11.3 Å². The lowest BCUT2D eigenvalue weighted by Crippen LogP contribution is -2.20. The summed E-state index contributed by atoms with van der Waals surface area (Å²) in [6, 6.07) is 5.36. The van der Waals surface area contributed by atoms with Gasteiger partial charge in [0.05, 0.1) is 13.2 Å². The van der Waals surface area contributed by atoms with Crippen LogP contribution in [0.3, 0.4) is 0 Å². The lowest BCUT2D eigenvalue weighted by molar-refractivity contribution is 0.134. The Labute approximate surface area is 122 Å². The van der Waals surface area contributed by atoms with E-state index in [1.165, 1.54) is 6.07 Å². The van der Waals surface area contributed by atoms with Crippen molar-refractivity contribution in [2.45, 2.75) is 12.8 Å². The molecule has 0 aliphatic rings. The Morgan fingerprint density at radius 1 is 1.20 bits per heavy atom. The lowest BCUT2D eigenvalue weighted by atomic mass is 10.1. The van der Waals surface area contributed by atoms with Crippen molar-refractivity contribution in [2.75, 3.05) is 32.9 Å². The van der Waals surface area contributed by atoms with Gasteiger partial charge < -0.3 is 15.2 Å². The molecule has 0 bridgehead atoms. The second kappa shape index (κ2) is 8.32. The van der Waals surface area contributed by atoms with Crippen LogP contribution >= 0.6 is 11.3 Å². The van der Waals surface area contributed by atoms with Crippen LogP contribution in [0.1, 0.15) is 12.0 Å². The predicted molar refractivity (Wildman–Crippen MR) is 80.9 cm³/mol. The minimum Gasteiger partial charge on any atom is -0.395 e. The first kappa shape index (κ1) is 15.4. The standard InChI is InChI=1S/C15H20FNO2S/c16-14-3-2-12-5-11-20-15(12)13(14)4-10-19-9-1-6-17-7-8-18/h2-3,5,11,17-18H,1,4,6-10H2. The number of nitrogens with one attached hydrogen (secondary N) is 1. The molecule has 110 valence electrons. The van der Waals surface area contributed by atoms with Crippen molar-refractivity contribution < 1.29 is 14.2 Å². The number of hydrogen-bond donors (Lipinski definition) is 2. The molecular weight excluding hydrogens is 277 g/mol. The third-order valence-corrected chi connectivity index (χ3v) is 4.08. The summed E-state index contributed by atoms with van der Waals surface area (Å²) in [6.07, 6.45) is 1.50. The van der Waals surface area contributed by atoms with Crippen molar-refractivity contribution in [3.8, 4) is 0 Å². The van der Waals surface area contributed by atoms with Crippen LogP contribution in [0.2, 0.25) is 0 Å². The zero-order chi connectivity index (χ0) is 14.2. The van der Waals surface area contributed by atoms with Gasteiger partial charge in [-0.25, -0.2) is 4.39 Å². The van der Waals surface area contributed by atoms with Crippen LogP contribution in [-0.2, 0) is 11.2 Å². The van der Waals surface area contributed by atoms with Crippen LogP contribution < -0.4 is 5.32 Å². The molecule has 2 N–H and O–H groups in total. The number of halogens is 1. The number of fused-ring (bicyclic) bond motifs is 1. The third-order valence-electron chi connectivity index (χ3n) is 3.09. The maximum absolute atomic E-state index is 13.8. The number of rotatable bonds is 9. The van der Waals surface area contributed by atoms with Crippen LogP contribution in [0.4, 0.5) is 4.39 Å². The van der Waals surface area contributed by atoms with E-state index in [4.69, 9.17) is 9.84 Å². The number of benzene rings is 1. The fraction of sp³-hybridized carbons (Fsp3) is 0.467. The smallest absolute Gasteiger partial charge is 0.127 e. The van der Waals surface area contributed by atoms with Crippen molar-refractivity contribution >= 4 is 21.4 Å². The molecule has 0 fully saturated rings. The summed E-state index contributed by atoms with van der Waals surface area (Å²) in [5.41, 5.74) is 0.760. The Morgan fingerprint density at radius 3 is 2.95 bits per heavy atom. The van der Waals surface area contributed by atoms with Gasteiger partial charge in [0.15, 0.2) is 0 Å². The van der Waals surface area contributed by atoms with E-state index >= 15 is 0 Å². The van der Waals surface area contributed by atoms with Gasteiger partial charge in [0.2, 0.25) is 0 Å².